The molecular weight excluding hydrogens is 348 g/mol. The highest BCUT2D eigenvalue weighted by Crippen LogP contribution is 2.18. The van der Waals surface area contributed by atoms with Gasteiger partial charge in [0.1, 0.15) is 5.75 Å². The van der Waals surface area contributed by atoms with E-state index >= 15 is 0 Å². The van der Waals surface area contributed by atoms with Gasteiger partial charge in [-0.05, 0) is 37.3 Å². The molecular formula is C20H18N2O5. The van der Waals surface area contributed by atoms with E-state index in [0.29, 0.717) is 22.3 Å². The van der Waals surface area contributed by atoms with Gasteiger partial charge < -0.3 is 19.8 Å². The largest absolute Gasteiger partial charge is 0.497 e. The van der Waals surface area contributed by atoms with Gasteiger partial charge in [-0.25, -0.2) is 4.79 Å². The quantitative estimate of drug-likeness (QED) is 0.677. The first-order valence-electron chi connectivity index (χ1n) is 8.26. The Balaban J connectivity index is 1.73. The van der Waals surface area contributed by atoms with Crippen LogP contribution in [0.2, 0.25) is 0 Å². The number of aromatic amines is 1. The number of aromatic nitrogens is 1. The topological polar surface area (TPSA) is 97.5 Å². The van der Waals surface area contributed by atoms with E-state index in [4.69, 9.17) is 9.47 Å². The number of H-pyrrole nitrogens is 1. The van der Waals surface area contributed by atoms with Crippen molar-refractivity contribution >= 4 is 28.5 Å². The fourth-order valence-electron chi connectivity index (χ4n) is 2.57. The van der Waals surface area contributed by atoms with Crippen LogP contribution >= 0.6 is 0 Å². The van der Waals surface area contributed by atoms with E-state index in [9.17, 15) is 14.4 Å². The molecule has 27 heavy (non-hydrogen) atoms. The minimum atomic E-state index is -1.04. The first-order valence-corrected chi connectivity index (χ1v) is 8.26. The predicted octanol–water partition coefficient (Wildman–Crippen LogP) is 2.72. The van der Waals surface area contributed by atoms with Gasteiger partial charge in [0.25, 0.3) is 5.91 Å². The number of fused-ring (bicyclic) bond motifs is 1. The smallest absolute Gasteiger partial charge is 0.339 e. The van der Waals surface area contributed by atoms with Crippen LogP contribution in [-0.2, 0) is 9.53 Å². The molecule has 0 saturated carbocycles. The number of esters is 1. The molecule has 7 nitrogen and oxygen atoms in total. The highest BCUT2D eigenvalue weighted by atomic mass is 16.5. The Bertz CT molecular complexity index is 1040. The van der Waals surface area contributed by atoms with Crippen LogP contribution in [0.3, 0.4) is 0 Å². The molecule has 1 heterocycles. The van der Waals surface area contributed by atoms with Crippen LogP contribution in [0.25, 0.3) is 10.9 Å². The Morgan fingerprint density at radius 2 is 1.78 bits per heavy atom. The summed E-state index contributed by atoms with van der Waals surface area (Å²) in [4.78, 5) is 39.2. The molecule has 138 valence electrons. The number of nitrogens with one attached hydrogen (secondary N) is 2. The van der Waals surface area contributed by atoms with Gasteiger partial charge in [-0.2, -0.15) is 0 Å². The molecule has 0 unspecified atom stereocenters. The lowest BCUT2D eigenvalue weighted by molar-refractivity contribution is -0.123. The summed E-state index contributed by atoms with van der Waals surface area (Å²) in [6, 6.07) is 14.8. The van der Waals surface area contributed by atoms with E-state index in [2.05, 4.69) is 10.3 Å². The Morgan fingerprint density at radius 1 is 1.07 bits per heavy atom. The molecule has 0 radical (unpaired) electrons. The number of carbonyl (C=O) groups is 2. The summed E-state index contributed by atoms with van der Waals surface area (Å²) < 4.78 is 10.3. The van der Waals surface area contributed by atoms with Gasteiger partial charge in [0.15, 0.2) is 6.10 Å². The van der Waals surface area contributed by atoms with Crippen LogP contribution in [0, 0.1) is 0 Å². The van der Waals surface area contributed by atoms with Crippen LogP contribution in [-0.4, -0.2) is 30.1 Å². The van der Waals surface area contributed by atoms with Crippen molar-refractivity contribution in [2.24, 2.45) is 0 Å². The summed E-state index contributed by atoms with van der Waals surface area (Å²) in [7, 11) is 1.55. The van der Waals surface area contributed by atoms with Gasteiger partial charge in [0.2, 0.25) is 5.56 Å². The monoisotopic (exact) mass is 366 g/mol. The average Bonchev–Trinajstić information content (AvgIpc) is 2.67. The number of rotatable bonds is 5. The summed E-state index contributed by atoms with van der Waals surface area (Å²) in [5, 5.41) is 3.20. The van der Waals surface area contributed by atoms with Gasteiger partial charge in [-0.1, -0.05) is 18.2 Å². The zero-order valence-electron chi connectivity index (χ0n) is 14.8. The number of amides is 1. The highest BCUT2D eigenvalue weighted by Gasteiger charge is 2.21. The fourth-order valence-corrected chi connectivity index (χ4v) is 2.57. The van der Waals surface area contributed by atoms with Gasteiger partial charge in [0, 0.05) is 22.7 Å². The lowest BCUT2D eigenvalue weighted by atomic mass is 10.1. The van der Waals surface area contributed by atoms with Crippen molar-refractivity contribution in [3.05, 3.63) is 70.5 Å². The Hall–Kier alpha value is -3.61. The molecule has 0 fully saturated rings. The average molecular weight is 366 g/mol. The van der Waals surface area contributed by atoms with Crippen molar-refractivity contribution in [2.75, 3.05) is 12.4 Å². The first kappa shape index (κ1) is 18.2. The minimum Gasteiger partial charge on any atom is -0.497 e. The Morgan fingerprint density at radius 3 is 2.48 bits per heavy atom. The summed E-state index contributed by atoms with van der Waals surface area (Å²) in [6.45, 7) is 1.46. The minimum absolute atomic E-state index is 0.110. The molecule has 1 amide bonds. The normalized spacial score (nSPS) is 11.6. The van der Waals surface area contributed by atoms with Crippen molar-refractivity contribution in [3.8, 4) is 5.75 Å². The van der Waals surface area contributed by atoms with E-state index in [0.717, 1.165) is 0 Å². The number of pyridine rings is 1. The zero-order valence-corrected chi connectivity index (χ0v) is 14.8. The lowest BCUT2D eigenvalue weighted by Gasteiger charge is -2.14. The van der Waals surface area contributed by atoms with E-state index in [-0.39, 0.29) is 5.56 Å². The van der Waals surface area contributed by atoms with Crippen LogP contribution in [0.5, 0.6) is 5.75 Å². The van der Waals surface area contributed by atoms with E-state index in [1.54, 1.807) is 55.6 Å². The summed E-state index contributed by atoms with van der Waals surface area (Å²) in [5.74, 6) is -0.564. The number of methoxy groups -OCH3 is 1. The molecule has 3 aromatic rings. The second-order valence-electron chi connectivity index (χ2n) is 5.86. The van der Waals surface area contributed by atoms with Gasteiger partial charge >= 0.3 is 5.97 Å². The summed E-state index contributed by atoms with van der Waals surface area (Å²) >= 11 is 0. The highest BCUT2D eigenvalue weighted by molar-refractivity contribution is 6.04. The molecule has 0 bridgehead atoms. The molecule has 2 N–H and O–H groups in total. The Labute approximate surface area is 154 Å². The van der Waals surface area contributed by atoms with E-state index in [1.165, 1.54) is 13.0 Å². The van der Waals surface area contributed by atoms with Gasteiger partial charge in [0.05, 0.1) is 12.7 Å². The van der Waals surface area contributed by atoms with Crippen LogP contribution in [0.1, 0.15) is 17.3 Å². The van der Waals surface area contributed by atoms with Crippen molar-refractivity contribution in [1.82, 2.24) is 4.98 Å². The number of benzene rings is 2. The summed E-state index contributed by atoms with van der Waals surface area (Å²) in [5.41, 5.74) is 0.757. The number of hydrogen-bond acceptors (Lipinski definition) is 5. The second-order valence-corrected chi connectivity index (χ2v) is 5.86. The lowest BCUT2D eigenvalue weighted by Crippen LogP contribution is -2.30. The third kappa shape index (κ3) is 4.14. The molecule has 0 aliphatic heterocycles. The number of anilines is 1. The molecule has 0 aliphatic carbocycles. The number of hydrogen-bond donors (Lipinski definition) is 2. The maximum Gasteiger partial charge on any atom is 0.339 e. The zero-order chi connectivity index (χ0) is 19.4. The van der Waals surface area contributed by atoms with E-state index in [1.807, 2.05) is 0 Å². The number of para-hydroxylation sites is 1. The molecule has 3 rings (SSSR count). The molecule has 2 aromatic carbocycles. The Kier molecular flexibility index (Phi) is 5.21. The van der Waals surface area contributed by atoms with Gasteiger partial charge in [-0.15, -0.1) is 0 Å². The molecule has 1 aromatic heterocycles. The van der Waals surface area contributed by atoms with Crippen molar-refractivity contribution < 1.29 is 19.1 Å². The number of carbonyl (C=O) groups excluding carboxylic acids is 2. The van der Waals surface area contributed by atoms with E-state index < -0.39 is 23.5 Å². The SMILES string of the molecule is COc1ccc(NC(=O)[C@@H](C)OC(=O)c2cc(=O)[nH]c3ccccc23)cc1. The standard InChI is InChI=1S/C20H18N2O5/c1-12(19(24)21-13-7-9-14(26-2)10-8-13)27-20(25)16-11-18(23)22-17-6-4-3-5-15(16)17/h3-12H,1-2H3,(H,21,24)(H,22,23)/t12-/m1/s1. The van der Waals surface area contributed by atoms with Crippen LogP contribution in [0.4, 0.5) is 5.69 Å². The summed E-state index contributed by atoms with van der Waals surface area (Å²) in [6.07, 6.45) is -1.04. The van der Waals surface area contributed by atoms with Gasteiger partial charge in [-0.3, -0.25) is 9.59 Å². The maximum absolute atomic E-state index is 12.5. The molecule has 0 spiro atoms. The molecule has 7 heteroatoms. The maximum atomic E-state index is 12.5. The third-order valence-electron chi connectivity index (χ3n) is 3.98. The van der Waals surface area contributed by atoms with Crippen molar-refractivity contribution in [1.29, 1.82) is 0 Å². The van der Waals surface area contributed by atoms with Crippen LogP contribution in [0.15, 0.2) is 59.4 Å². The molecule has 0 saturated heterocycles. The third-order valence-corrected chi connectivity index (χ3v) is 3.98. The number of ether oxygens (including phenoxy) is 2. The molecule has 0 aliphatic rings. The second kappa shape index (κ2) is 7.74. The van der Waals surface area contributed by atoms with Crippen molar-refractivity contribution in [2.45, 2.75) is 13.0 Å². The fraction of sp³-hybridized carbons (Fsp3) is 0.150. The molecule has 1 atom stereocenters. The van der Waals surface area contributed by atoms with Crippen LogP contribution < -0.4 is 15.6 Å². The van der Waals surface area contributed by atoms with Crippen molar-refractivity contribution in [3.63, 3.8) is 0 Å². The first-order chi connectivity index (χ1) is 13.0. The predicted molar refractivity (Wildman–Crippen MR) is 101 cm³/mol.